The molecule has 1 heterocycles. The molecule has 7 heteroatoms. The van der Waals surface area contributed by atoms with Gasteiger partial charge in [0.15, 0.2) is 11.5 Å². The van der Waals surface area contributed by atoms with Crippen LogP contribution in [0, 0.1) is 0 Å². The SMILES string of the molecule is CCOc1ccc(C(=O)Nc2ccc(-c3nc4ccccc4s3)cc2Cl)cc1OCC. The van der Waals surface area contributed by atoms with Crippen LogP contribution in [0.4, 0.5) is 5.69 Å². The van der Waals surface area contributed by atoms with Crippen LogP contribution in [0.25, 0.3) is 20.8 Å². The predicted molar refractivity (Wildman–Crippen MR) is 127 cm³/mol. The summed E-state index contributed by atoms with van der Waals surface area (Å²) in [6.07, 6.45) is 0. The van der Waals surface area contributed by atoms with Gasteiger partial charge in [-0.15, -0.1) is 11.3 Å². The van der Waals surface area contributed by atoms with E-state index < -0.39 is 0 Å². The van der Waals surface area contributed by atoms with Crippen molar-refractivity contribution in [2.24, 2.45) is 0 Å². The second-order valence-corrected chi connectivity index (χ2v) is 8.10. The third-order valence-corrected chi connectivity index (χ3v) is 5.96. The number of carbonyl (C=O) groups excluding carboxylic acids is 1. The van der Waals surface area contributed by atoms with E-state index >= 15 is 0 Å². The largest absolute Gasteiger partial charge is 0.490 e. The van der Waals surface area contributed by atoms with Gasteiger partial charge < -0.3 is 14.8 Å². The molecule has 0 atom stereocenters. The van der Waals surface area contributed by atoms with E-state index in [9.17, 15) is 4.79 Å². The molecule has 0 aliphatic carbocycles. The monoisotopic (exact) mass is 452 g/mol. The van der Waals surface area contributed by atoms with Gasteiger partial charge in [0, 0.05) is 11.1 Å². The normalized spacial score (nSPS) is 10.8. The number of thiazole rings is 1. The summed E-state index contributed by atoms with van der Waals surface area (Å²) in [7, 11) is 0. The number of nitrogens with one attached hydrogen (secondary N) is 1. The van der Waals surface area contributed by atoms with Crippen molar-refractivity contribution in [3.63, 3.8) is 0 Å². The van der Waals surface area contributed by atoms with Crippen LogP contribution in [0.5, 0.6) is 11.5 Å². The van der Waals surface area contributed by atoms with Crippen LogP contribution < -0.4 is 14.8 Å². The minimum Gasteiger partial charge on any atom is -0.490 e. The number of hydrogen-bond donors (Lipinski definition) is 1. The first-order valence-electron chi connectivity index (χ1n) is 9.95. The summed E-state index contributed by atoms with van der Waals surface area (Å²) in [4.78, 5) is 17.4. The molecule has 5 nitrogen and oxygen atoms in total. The first-order chi connectivity index (χ1) is 15.1. The highest BCUT2D eigenvalue weighted by Gasteiger charge is 2.14. The molecule has 31 heavy (non-hydrogen) atoms. The zero-order valence-electron chi connectivity index (χ0n) is 17.1. The molecule has 1 N–H and O–H groups in total. The Balaban J connectivity index is 1.55. The lowest BCUT2D eigenvalue weighted by Crippen LogP contribution is -2.12. The lowest BCUT2D eigenvalue weighted by atomic mass is 10.1. The van der Waals surface area contributed by atoms with Crippen molar-refractivity contribution in [3.05, 3.63) is 71.2 Å². The van der Waals surface area contributed by atoms with Crippen LogP contribution in [-0.4, -0.2) is 24.1 Å². The van der Waals surface area contributed by atoms with E-state index in [4.69, 9.17) is 21.1 Å². The van der Waals surface area contributed by atoms with Gasteiger partial charge in [0.05, 0.1) is 34.1 Å². The Hall–Kier alpha value is -3.09. The molecule has 0 saturated carbocycles. The van der Waals surface area contributed by atoms with Gasteiger partial charge in [0.25, 0.3) is 5.91 Å². The molecule has 0 spiro atoms. The Morgan fingerprint density at radius 2 is 1.77 bits per heavy atom. The van der Waals surface area contributed by atoms with Crippen molar-refractivity contribution in [3.8, 4) is 22.1 Å². The van der Waals surface area contributed by atoms with Gasteiger partial charge in [-0.05, 0) is 62.4 Å². The molecule has 4 rings (SSSR count). The molecule has 1 aromatic heterocycles. The summed E-state index contributed by atoms with van der Waals surface area (Å²) in [5.41, 5.74) is 2.85. The molecular formula is C24H21ClN2O3S. The quantitative estimate of drug-likeness (QED) is 0.340. The van der Waals surface area contributed by atoms with Gasteiger partial charge in [-0.3, -0.25) is 4.79 Å². The minimum absolute atomic E-state index is 0.279. The number of halogens is 1. The number of nitrogens with zero attached hydrogens (tertiary/aromatic N) is 1. The maximum atomic E-state index is 12.8. The molecule has 4 aromatic rings. The Morgan fingerprint density at radius 1 is 1.00 bits per heavy atom. The number of hydrogen-bond acceptors (Lipinski definition) is 5. The molecule has 0 bridgehead atoms. The highest BCUT2D eigenvalue weighted by molar-refractivity contribution is 7.21. The van der Waals surface area contributed by atoms with Crippen LogP contribution in [0.2, 0.25) is 5.02 Å². The molecule has 3 aromatic carbocycles. The predicted octanol–water partition coefficient (Wildman–Crippen LogP) is 6.67. The summed E-state index contributed by atoms with van der Waals surface area (Å²) >= 11 is 8.08. The van der Waals surface area contributed by atoms with Crippen LogP contribution in [0.3, 0.4) is 0 Å². The fourth-order valence-electron chi connectivity index (χ4n) is 3.13. The minimum atomic E-state index is -0.279. The van der Waals surface area contributed by atoms with E-state index in [-0.39, 0.29) is 5.91 Å². The Bertz CT molecular complexity index is 1210. The molecule has 0 unspecified atom stereocenters. The molecule has 0 aliphatic heterocycles. The second kappa shape index (κ2) is 9.37. The van der Waals surface area contributed by atoms with E-state index in [0.29, 0.717) is 41.0 Å². The summed E-state index contributed by atoms with van der Waals surface area (Å²) in [5.74, 6) is 0.868. The molecule has 0 fully saturated rings. The molecular weight excluding hydrogens is 432 g/mol. The van der Waals surface area contributed by atoms with Crippen molar-refractivity contribution < 1.29 is 14.3 Å². The van der Waals surface area contributed by atoms with Crippen LogP contribution >= 0.6 is 22.9 Å². The van der Waals surface area contributed by atoms with Crippen molar-refractivity contribution in [1.29, 1.82) is 0 Å². The first kappa shape index (κ1) is 21.2. The molecule has 1 amide bonds. The van der Waals surface area contributed by atoms with Gasteiger partial charge >= 0.3 is 0 Å². The van der Waals surface area contributed by atoms with Gasteiger partial charge in [-0.25, -0.2) is 4.98 Å². The third-order valence-electron chi connectivity index (χ3n) is 4.56. The third kappa shape index (κ3) is 4.65. The summed E-state index contributed by atoms with van der Waals surface area (Å²) < 4.78 is 12.3. The maximum Gasteiger partial charge on any atom is 0.255 e. The fourth-order valence-corrected chi connectivity index (χ4v) is 4.32. The number of ether oxygens (including phenoxy) is 2. The van der Waals surface area contributed by atoms with Gasteiger partial charge in [0.1, 0.15) is 5.01 Å². The van der Waals surface area contributed by atoms with Crippen LogP contribution in [-0.2, 0) is 0 Å². The van der Waals surface area contributed by atoms with Gasteiger partial charge in [-0.1, -0.05) is 23.7 Å². The highest BCUT2D eigenvalue weighted by Crippen LogP contribution is 2.34. The number of amides is 1. The second-order valence-electron chi connectivity index (χ2n) is 6.66. The smallest absolute Gasteiger partial charge is 0.255 e. The number of anilines is 1. The van der Waals surface area contributed by atoms with Gasteiger partial charge in [-0.2, -0.15) is 0 Å². The number of carbonyl (C=O) groups is 1. The Morgan fingerprint density at radius 3 is 2.52 bits per heavy atom. The number of benzene rings is 3. The summed E-state index contributed by atoms with van der Waals surface area (Å²) in [6, 6.07) is 18.6. The first-order valence-corrected chi connectivity index (χ1v) is 11.1. The lowest BCUT2D eigenvalue weighted by Gasteiger charge is -2.13. The lowest BCUT2D eigenvalue weighted by molar-refractivity contribution is 0.102. The Kier molecular flexibility index (Phi) is 6.39. The maximum absolute atomic E-state index is 12.8. The van der Waals surface area contributed by atoms with Crippen molar-refractivity contribution >= 4 is 44.7 Å². The number of fused-ring (bicyclic) bond motifs is 1. The van der Waals surface area contributed by atoms with E-state index in [2.05, 4.69) is 10.3 Å². The zero-order chi connectivity index (χ0) is 21.8. The van der Waals surface area contributed by atoms with Crippen molar-refractivity contribution in [2.45, 2.75) is 13.8 Å². The van der Waals surface area contributed by atoms with Crippen molar-refractivity contribution in [2.75, 3.05) is 18.5 Å². The molecule has 0 saturated heterocycles. The molecule has 158 valence electrons. The topological polar surface area (TPSA) is 60.5 Å². The average molecular weight is 453 g/mol. The van der Waals surface area contributed by atoms with Crippen LogP contribution in [0.15, 0.2) is 60.7 Å². The number of para-hydroxylation sites is 1. The van der Waals surface area contributed by atoms with E-state index in [1.807, 2.05) is 50.2 Å². The average Bonchev–Trinajstić information content (AvgIpc) is 3.21. The standard InChI is InChI=1S/C24H21ClN2O3S/c1-3-29-20-12-10-15(14-21(20)30-4-2)23(28)26-18-11-9-16(13-17(18)25)24-27-19-7-5-6-8-22(19)31-24/h5-14H,3-4H2,1-2H3,(H,26,28). The van der Waals surface area contributed by atoms with Crippen molar-refractivity contribution in [1.82, 2.24) is 4.98 Å². The van der Waals surface area contributed by atoms with E-state index in [1.54, 1.807) is 35.6 Å². The van der Waals surface area contributed by atoms with Gasteiger partial charge in [0.2, 0.25) is 0 Å². The number of rotatable bonds is 7. The van der Waals surface area contributed by atoms with Crippen LogP contribution in [0.1, 0.15) is 24.2 Å². The van der Waals surface area contributed by atoms with E-state index in [0.717, 1.165) is 20.8 Å². The molecule has 0 radical (unpaired) electrons. The summed E-state index contributed by atoms with van der Waals surface area (Å²) in [5, 5.41) is 4.20. The summed E-state index contributed by atoms with van der Waals surface area (Å²) in [6.45, 7) is 4.78. The number of aromatic nitrogens is 1. The van der Waals surface area contributed by atoms with E-state index in [1.165, 1.54) is 0 Å². The zero-order valence-corrected chi connectivity index (χ0v) is 18.7. The Labute approximate surface area is 189 Å². The highest BCUT2D eigenvalue weighted by atomic mass is 35.5. The fraction of sp³-hybridized carbons (Fsp3) is 0.167. The molecule has 0 aliphatic rings.